The van der Waals surface area contributed by atoms with Crippen LogP contribution in [0.2, 0.25) is 0 Å². The minimum Gasteiger partial charge on any atom is -0.491 e. The first kappa shape index (κ1) is 21.4. The van der Waals surface area contributed by atoms with Crippen molar-refractivity contribution in [2.24, 2.45) is 0 Å². The summed E-state index contributed by atoms with van der Waals surface area (Å²) in [7, 11) is 0. The molecule has 1 heterocycles. The molecule has 3 aromatic rings. The molecule has 0 saturated heterocycles. The maximum absolute atomic E-state index is 12.2. The van der Waals surface area contributed by atoms with Gasteiger partial charge in [0.05, 0.1) is 12.3 Å². The van der Waals surface area contributed by atoms with Crippen molar-refractivity contribution in [1.29, 1.82) is 0 Å². The van der Waals surface area contributed by atoms with Gasteiger partial charge in [-0.05, 0) is 31.4 Å². The molecule has 6 heteroatoms. The summed E-state index contributed by atoms with van der Waals surface area (Å²) in [5.41, 5.74) is 2.79. The molecular weight excluding hydrogens is 376 g/mol. The number of nitrogens with one attached hydrogen (secondary N) is 2. The van der Waals surface area contributed by atoms with Gasteiger partial charge in [-0.2, -0.15) is 0 Å². The molecule has 6 nitrogen and oxygen atoms in total. The monoisotopic (exact) mass is 406 g/mol. The van der Waals surface area contributed by atoms with E-state index in [2.05, 4.69) is 39.2 Å². The Labute approximate surface area is 178 Å². The summed E-state index contributed by atoms with van der Waals surface area (Å²) >= 11 is 0. The second-order valence-corrected chi connectivity index (χ2v) is 7.19. The number of benzene rings is 2. The number of aryl methyl sites for hydroxylation is 2. The van der Waals surface area contributed by atoms with Crippen molar-refractivity contribution in [3.63, 3.8) is 0 Å². The smallest absolute Gasteiger partial charge is 0.319 e. The van der Waals surface area contributed by atoms with E-state index in [9.17, 15) is 4.79 Å². The lowest BCUT2D eigenvalue weighted by Gasteiger charge is -2.16. The Morgan fingerprint density at radius 2 is 1.93 bits per heavy atom. The highest BCUT2D eigenvalue weighted by atomic mass is 16.5. The molecule has 0 bridgehead atoms. The molecule has 158 valence electrons. The molecule has 0 aliphatic heterocycles. The summed E-state index contributed by atoms with van der Waals surface area (Å²) < 4.78 is 8.15. The minimum absolute atomic E-state index is 0.200. The van der Waals surface area contributed by atoms with Crippen LogP contribution in [0.15, 0.2) is 60.9 Å². The lowest BCUT2D eigenvalue weighted by atomic mass is 10.2. The van der Waals surface area contributed by atoms with E-state index in [1.807, 2.05) is 55.7 Å². The molecule has 2 amide bonds. The van der Waals surface area contributed by atoms with Crippen molar-refractivity contribution in [3.05, 3.63) is 66.5 Å². The highest BCUT2D eigenvalue weighted by molar-refractivity contribution is 5.91. The third-order valence-electron chi connectivity index (χ3n) is 4.84. The summed E-state index contributed by atoms with van der Waals surface area (Å²) in [6.45, 7) is 6.07. The Morgan fingerprint density at radius 3 is 2.73 bits per heavy atom. The van der Waals surface area contributed by atoms with Gasteiger partial charge in [0.1, 0.15) is 11.6 Å². The number of urea groups is 1. The topological polar surface area (TPSA) is 68.2 Å². The Morgan fingerprint density at radius 1 is 1.10 bits per heavy atom. The summed E-state index contributed by atoms with van der Waals surface area (Å²) in [5, 5.41) is 5.81. The van der Waals surface area contributed by atoms with E-state index in [1.165, 1.54) is 0 Å². The highest BCUT2D eigenvalue weighted by Crippen LogP contribution is 2.28. The number of hydrogen-bond acceptors (Lipinski definition) is 3. The molecule has 2 N–H and O–H groups in total. The van der Waals surface area contributed by atoms with Crippen LogP contribution in [0.1, 0.15) is 31.7 Å². The number of imidazole rings is 1. The van der Waals surface area contributed by atoms with E-state index in [1.54, 1.807) is 0 Å². The van der Waals surface area contributed by atoms with Gasteiger partial charge in [0.2, 0.25) is 0 Å². The zero-order chi connectivity index (χ0) is 21.2. The molecule has 0 radical (unpaired) electrons. The van der Waals surface area contributed by atoms with E-state index in [0.717, 1.165) is 48.4 Å². The lowest BCUT2D eigenvalue weighted by molar-refractivity contribution is 0.251. The van der Waals surface area contributed by atoms with E-state index in [0.29, 0.717) is 18.9 Å². The van der Waals surface area contributed by atoms with Gasteiger partial charge in [-0.25, -0.2) is 9.78 Å². The molecule has 2 aromatic carbocycles. The van der Waals surface area contributed by atoms with Crippen molar-refractivity contribution in [2.75, 3.05) is 18.5 Å². The molecule has 0 atom stereocenters. The van der Waals surface area contributed by atoms with Crippen LogP contribution in [-0.2, 0) is 6.54 Å². The number of carbonyl (C=O) groups excluding carboxylic acids is 1. The zero-order valence-electron chi connectivity index (χ0n) is 17.7. The Balaban J connectivity index is 1.55. The number of hydrogen-bond donors (Lipinski definition) is 2. The number of rotatable bonds is 10. The first-order valence-corrected chi connectivity index (χ1v) is 10.5. The third kappa shape index (κ3) is 5.86. The van der Waals surface area contributed by atoms with Crippen molar-refractivity contribution in [2.45, 2.75) is 39.7 Å². The van der Waals surface area contributed by atoms with Gasteiger partial charge in [0, 0.05) is 31.0 Å². The quantitative estimate of drug-likeness (QED) is 0.452. The molecule has 0 unspecified atom stereocenters. The zero-order valence-corrected chi connectivity index (χ0v) is 17.7. The second kappa shape index (κ2) is 11.0. The molecule has 3 rings (SSSR count). The number of amides is 2. The SMILES string of the molecule is CCCCNC(=O)Nc1c(C)cccc1OCCCn1ccnc1-c1ccccc1. The van der Waals surface area contributed by atoms with Crippen LogP contribution in [0.25, 0.3) is 11.4 Å². The molecule has 0 spiro atoms. The van der Waals surface area contributed by atoms with Crippen molar-refractivity contribution < 1.29 is 9.53 Å². The molecule has 0 aliphatic carbocycles. The number of ether oxygens (including phenoxy) is 1. The number of nitrogens with zero attached hydrogens (tertiary/aromatic N) is 2. The minimum atomic E-state index is -0.200. The van der Waals surface area contributed by atoms with E-state index < -0.39 is 0 Å². The van der Waals surface area contributed by atoms with Crippen LogP contribution in [-0.4, -0.2) is 28.7 Å². The fourth-order valence-corrected chi connectivity index (χ4v) is 3.21. The van der Waals surface area contributed by atoms with Gasteiger partial charge in [-0.1, -0.05) is 55.8 Å². The molecule has 0 saturated carbocycles. The number of para-hydroxylation sites is 1. The standard InChI is InChI=1S/C24H30N4O2/c1-3-4-14-26-24(29)27-22-19(2)10-8-13-21(22)30-18-9-16-28-17-15-25-23(28)20-11-6-5-7-12-20/h5-8,10-13,15,17H,3-4,9,14,16,18H2,1-2H3,(H2,26,27,29). The first-order valence-electron chi connectivity index (χ1n) is 10.5. The summed E-state index contributed by atoms with van der Waals surface area (Å²) in [5.74, 6) is 1.65. The third-order valence-corrected chi connectivity index (χ3v) is 4.84. The van der Waals surface area contributed by atoms with Crippen LogP contribution < -0.4 is 15.4 Å². The van der Waals surface area contributed by atoms with Gasteiger partial charge < -0.3 is 19.9 Å². The summed E-state index contributed by atoms with van der Waals surface area (Å²) in [6, 6.07) is 15.7. The maximum atomic E-state index is 12.2. The van der Waals surface area contributed by atoms with Crippen molar-refractivity contribution >= 4 is 11.7 Å². The predicted octanol–water partition coefficient (Wildman–Crippen LogP) is 5.25. The Bertz CT molecular complexity index is 937. The first-order chi connectivity index (χ1) is 14.7. The summed E-state index contributed by atoms with van der Waals surface area (Å²) in [6.07, 6.45) is 6.64. The molecule has 0 aliphatic rings. The van der Waals surface area contributed by atoms with Gasteiger partial charge >= 0.3 is 6.03 Å². The molecular formula is C24H30N4O2. The van der Waals surface area contributed by atoms with Crippen molar-refractivity contribution in [1.82, 2.24) is 14.9 Å². The second-order valence-electron chi connectivity index (χ2n) is 7.19. The summed E-state index contributed by atoms with van der Waals surface area (Å²) in [4.78, 5) is 16.6. The van der Waals surface area contributed by atoms with E-state index in [-0.39, 0.29) is 6.03 Å². The average molecular weight is 407 g/mol. The average Bonchev–Trinajstić information content (AvgIpc) is 3.23. The number of unbranched alkanes of at least 4 members (excludes halogenated alkanes) is 1. The Kier molecular flexibility index (Phi) is 7.89. The van der Waals surface area contributed by atoms with Crippen LogP contribution in [0, 0.1) is 6.92 Å². The van der Waals surface area contributed by atoms with Gasteiger partial charge in [-0.15, -0.1) is 0 Å². The lowest BCUT2D eigenvalue weighted by Crippen LogP contribution is -2.30. The number of aromatic nitrogens is 2. The maximum Gasteiger partial charge on any atom is 0.319 e. The van der Waals surface area contributed by atoms with Gasteiger partial charge in [0.25, 0.3) is 0 Å². The Hall–Kier alpha value is -3.28. The van der Waals surface area contributed by atoms with Crippen LogP contribution >= 0.6 is 0 Å². The highest BCUT2D eigenvalue weighted by Gasteiger charge is 2.11. The van der Waals surface area contributed by atoms with Gasteiger partial charge in [0.15, 0.2) is 0 Å². The van der Waals surface area contributed by atoms with Crippen molar-refractivity contribution in [3.8, 4) is 17.1 Å². The largest absolute Gasteiger partial charge is 0.491 e. The van der Waals surface area contributed by atoms with E-state index >= 15 is 0 Å². The normalized spacial score (nSPS) is 10.6. The van der Waals surface area contributed by atoms with Crippen LogP contribution in [0.3, 0.4) is 0 Å². The fraction of sp³-hybridized carbons (Fsp3) is 0.333. The van der Waals surface area contributed by atoms with Crippen LogP contribution in [0.4, 0.5) is 10.5 Å². The van der Waals surface area contributed by atoms with Gasteiger partial charge in [-0.3, -0.25) is 0 Å². The number of anilines is 1. The molecule has 1 aromatic heterocycles. The van der Waals surface area contributed by atoms with E-state index in [4.69, 9.17) is 4.74 Å². The number of carbonyl (C=O) groups is 1. The molecule has 0 fully saturated rings. The predicted molar refractivity (Wildman–Crippen MR) is 121 cm³/mol. The fourth-order valence-electron chi connectivity index (χ4n) is 3.21. The molecule has 30 heavy (non-hydrogen) atoms. The van der Waals surface area contributed by atoms with Crippen LogP contribution in [0.5, 0.6) is 5.75 Å².